The summed E-state index contributed by atoms with van der Waals surface area (Å²) in [5.74, 6) is 0.499. The standard InChI is InChI=1S/C14H12BrNO2/c15-11-5-4-6-12(9-11)16-14(17)10-18-13-7-2-1-3-8-13/h1-9H,10H2,(H,16,17). The van der Waals surface area contributed by atoms with E-state index in [-0.39, 0.29) is 12.5 Å². The Bertz CT molecular complexity index is 528. The highest BCUT2D eigenvalue weighted by Crippen LogP contribution is 2.15. The van der Waals surface area contributed by atoms with Crippen LogP contribution in [0.15, 0.2) is 59.1 Å². The van der Waals surface area contributed by atoms with Crippen molar-refractivity contribution in [3.63, 3.8) is 0 Å². The summed E-state index contributed by atoms with van der Waals surface area (Å²) < 4.78 is 6.27. The third kappa shape index (κ3) is 3.89. The lowest BCUT2D eigenvalue weighted by Gasteiger charge is -2.07. The normalized spacial score (nSPS) is 9.83. The van der Waals surface area contributed by atoms with E-state index in [2.05, 4.69) is 21.2 Å². The molecule has 0 heterocycles. The van der Waals surface area contributed by atoms with E-state index in [9.17, 15) is 4.79 Å². The molecular formula is C14H12BrNO2. The van der Waals surface area contributed by atoms with Crippen LogP contribution in [-0.4, -0.2) is 12.5 Å². The number of rotatable bonds is 4. The number of nitrogens with one attached hydrogen (secondary N) is 1. The Hall–Kier alpha value is -1.81. The molecule has 0 radical (unpaired) electrons. The molecule has 92 valence electrons. The largest absolute Gasteiger partial charge is 0.484 e. The summed E-state index contributed by atoms with van der Waals surface area (Å²) in [4.78, 5) is 11.6. The van der Waals surface area contributed by atoms with Gasteiger partial charge in [-0.2, -0.15) is 0 Å². The Morgan fingerprint density at radius 2 is 1.89 bits per heavy atom. The fraction of sp³-hybridized carbons (Fsp3) is 0.0714. The Morgan fingerprint density at radius 3 is 2.61 bits per heavy atom. The van der Waals surface area contributed by atoms with Crippen LogP contribution in [-0.2, 0) is 4.79 Å². The van der Waals surface area contributed by atoms with Crippen LogP contribution in [0.5, 0.6) is 5.75 Å². The average Bonchev–Trinajstić information content (AvgIpc) is 2.38. The van der Waals surface area contributed by atoms with Gasteiger partial charge in [0.15, 0.2) is 6.61 Å². The van der Waals surface area contributed by atoms with Crippen LogP contribution in [0.3, 0.4) is 0 Å². The highest BCUT2D eigenvalue weighted by atomic mass is 79.9. The third-order valence-electron chi connectivity index (χ3n) is 2.22. The van der Waals surface area contributed by atoms with Crippen molar-refractivity contribution in [3.8, 4) is 5.75 Å². The topological polar surface area (TPSA) is 38.3 Å². The molecule has 0 aromatic heterocycles. The number of ether oxygens (including phenoxy) is 1. The minimum absolute atomic E-state index is 0.00345. The fourth-order valence-corrected chi connectivity index (χ4v) is 1.83. The zero-order valence-electron chi connectivity index (χ0n) is 9.60. The maximum atomic E-state index is 11.6. The summed E-state index contributed by atoms with van der Waals surface area (Å²) in [7, 11) is 0. The van der Waals surface area contributed by atoms with Crippen LogP contribution in [0, 0.1) is 0 Å². The zero-order valence-corrected chi connectivity index (χ0v) is 11.2. The summed E-state index contributed by atoms with van der Waals surface area (Å²) in [6, 6.07) is 16.7. The maximum absolute atomic E-state index is 11.6. The number of amides is 1. The van der Waals surface area contributed by atoms with Crippen molar-refractivity contribution >= 4 is 27.5 Å². The molecule has 0 saturated heterocycles. The highest BCUT2D eigenvalue weighted by molar-refractivity contribution is 9.10. The van der Waals surface area contributed by atoms with Crippen LogP contribution < -0.4 is 10.1 Å². The van der Waals surface area contributed by atoms with Crippen LogP contribution >= 0.6 is 15.9 Å². The summed E-state index contributed by atoms with van der Waals surface area (Å²) >= 11 is 3.35. The predicted molar refractivity (Wildman–Crippen MR) is 74.7 cm³/mol. The van der Waals surface area contributed by atoms with Crippen LogP contribution in [0.1, 0.15) is 0 Å². The van der Waals surface area contributed by atoms with Gasteiger partial charge in [0.1, 0.15) is 5.75 Å². The molecule has 0 atom stereocenters. The van der Waals surface area contributed by atoms with Gasteiger partial charge in [0.2, 0.25) is 0 Å². The molecule has 0 unspecified atom stereocenters. The molecule has 0 fully saturated rings. The van der Waals surface area contributed by atoms with Crippen molar-refractivity contribution in [3.05, 3.63) is 59.1 Å². The Kier molecular flexibility index (Phi) is 4.36. The van der Waals surface area contributed by atoms with E-state index in [1.54, 1.807) is 0 Å². The molecule has 0 spiro atoms. The highest BCUT2D eigenvalue weighted by Gasteiger charge is 2.03. The Labute approximate surface area is 114 Å². The molecule has 4 heteroatoms. The minimum Gasteiger partial charge on any atom is -0.484 e. The number of anilines is 1. The molecule has 18 heavy (non-hydrogen) atoms. The summed E-state index contributed by atoms with van der Waals surface area (Å²) in [5.41, 5.74) is 0.742. The van der Waals surface area contributed by atoms with E-state index >= 15 is 0 Å². The van der Waals surface area contributed by atoms with Crippen molar-refractivity contribution in [2.24, 2.45) is 0 Å². The second-order valence-corrected chi connectivity index (χ2v) is 4.58. The van der Waals surface area contributed by atoms with Gasteiger partial charge in [0, 0.05) is 10.2 Å². The van der Waals surface area contributed by atoms with Gasteiger partial charge >= 0.3 is 0 Å². The van der Waals surface area contributed by atoms with Crippen molar-refractivity contribution in [2.75, 3.05) is 11.9 Å². The van der Waals surface area contributed by atoms with E-state index in [0.717, 1.165) is 10.2 Å². The van der Waals surface area contributed by atoms with Gasteiger partial charge in [-0.1, -0.05) is 40.2 Å². The van der Waals surface area contributed by atoms with E-state index in [1.165, 1.54) is 0 Å². The van der Waals surface area contributed by atoms with Crippen LogP contribution in [0.4, 0.5) is 5.69 Å². The maximum Gasteiger partial charge on any atom is 0.262 e. The lowest BCUT2D eigenvalue weighted by molar-refractivity contribution is -0.118. The van der Waals surface area contributed by atoms with E-state index in [4.69, 9.17) is 4.74 Å². The Balaban J connectivity index is 1.86. The Morgan fingerprint density at radius 1 is 1.11 bits per heavy atom. The van der Waals surface area contributed by atoms with Crippen molar-refractivity contribution in [2.45, 2.75) is 0 Å². The van der Waals surface area contributed by atoms with Gasteiger partial charge in [0.05, 0.1) is 0 Å². The number of hydrogen-bond donors (Lipinski definition) is 1. The summed E-state index contributed by atoms with van der Waals surface area (Å²) in [6.07, 6.45) is 0. The molecule has 0 saturated carbocycles. The zero-order chi connectivity index (χ0) is 12.8. The van der Waals surface area contributed by atoms with Crippen molar-refractivity contribution < 1.29 is 9.53 Å². The number of benzene rings is 2. The first-order chi connectivity index (χ1) is 8.74. The number of hydrogen-bond acceptors (Lipinski definition) is 2. The summed E-state index contributed by atoms with van der Waals surface area (Å²) in [6.45, 7) is -0.00345. The molecule has 0 bridgehead atoms. The molecule has 1 amide bonds. The van der Waals surface area contributed by atoms with Gasteiger partial charge in [-0.3, -0.25) is 4.79 Å². The van der Waals surface area contributed by atoms with Gasteiger partial charge in [0.25, 0.3) is 5.91 Å². The second kappa shape index (κ2) is 6.21. The summed E-state index contributed by atoms with van der Waals surface area (Å²) in [5, 5.41) is 2.76. The number of para-hydroxylation sites is 1. The lowest BCUT2D eigenvalue weighted by Crippen LogP contribution is -2.20. The van der Waals surface area contributed by atoms with Crippen LogP contribution in [0.2, 0.25) is 0 Å². The monoisotopic (exact) mass is 305 g/mol. The molecule has 0 aliphatic heterocycles. The van der Waals surface area contributed by atoms with E-state index in [0.29, 0.717) is 5.75 Å². The molecule has 2 rings (SSSR count). The molecule has 3 nitrogen and oxygen atoms in total. The van der Waals surface area contributed by atoms with E-state index < -0.39 is 0 Å². The molecule has 0 aliphatic rings. The van der Waals surface area contributed by atoms with Gasteiger partial charge in [-0.25, -0.2) is 0 Å². The van der Waals surface area contributed by atoms with Crippen molar-refractivity contribution in [1.29, 1.82) is 0 Å². The fourth-order valence-electron chi connectivity index (χ4n) is 1.43. The number of carbonyl (C=O) groups is 1. The third-order valence-corrected chi connectivity index (χ3v) is 2.71. The second-order valence-electron chi connectivity index (χ2n) is 3.66. The number of carbonyl (C=O) groups excluding carboxylic acids is 1. The molecular weight excluding hydrogens is 294 g/mol. The SMILES string of the molecule is O=C(COc1ccccc1)Nc1cccc(Br)c1. The number of halogens is 1. The van der Waals surface area contributed by atoms with Gasteiger partial charge in [-0.15, -0.1) is 0 Å². The molecule has 0 aliphatic carbocycles. The van der Waals surface area contributed by atoms with Crippen molar-refractivity contribution in [1.82, 2.24) is 0 Å². The first-order valence-corrected chi connectivity index (χ1v) is 6.26. The average molecular weight is 306 g/mol. The van der Waals surface area contributed by atoms with Gasteiger partial charge < -0.3 is 10.1 Å². The predicted octanol–water partition coefficient (Wildman–Crippen LogP) is 3.47. The first kappa shape index (κ1) is 12.6. The van der Waals surface area contributed by atoms with Crippen LogP contribution in [0.25, 0.3) is 0 Å². The van der Waals surface area contributed by atoms with Gasteiger partial charge in [-0.05, 0) is 30.3 Å². The smallest absolute Gasteiger partial charge is 0.262 e. The minimum atomic E-state index is -0.183. The first-order valence-electron chi connectivity index (χ1n) is 5.47. The molecule has 1 N–H and O–H groups in total. The lowest BCUT2D eigenvalue weighted by atomic mass is 10.3. The molecule has 2 aromatic rings. The molecule has 2 aromatic carbocycles. The van der Waals surface area contributed by atoms with E-state index in [1.807, 2.05) is 54.6 Å². The quantitative estimate of drug-likeness (QED) is 0.939.